The molecular formula is C14H21N7O. The van der Waals surface area contributed by atoms with Crippen molar-refractivity contribution in [1.29, 1.82) is 0 Å². The van der Waals surface area contributed by atoms with E-state index in [0.29, 0.717) is 12.4 Å². The second-order valence-electron chi connectivity index (χ2n) is 5.71. The summed E-state index contributed by atoms with van der Waals surface area (Å²) in [5.41, 5.74) is 2.15. The third kappa shape index (κ3) is 2.86. The number of imidazole rings is 1. The molecule has 2 aromatic rings. The highest BCUT2D eigenvalue weighted by Crippen LogP contribution is 2.23. The van der Waals surface area contributed by atoms with E-state index in [4.69, 9.17) is 0 Å². The van der Waals surface area contributed by atoms with Crippen LogP contribution < -0.4 is 5.32 Å². The molecule has 8 heteroatoms. The van der Waals surface area contributed by atoms with Crippen molar-refractivity contribution in [1.82, 2.24) is 35.1 Å². The molecule has 3 rings (SSSR count). The molecule has 0 spiro atoms. The number of nitrogens with zero attached hydrogens (tertiary/aromatic N) is 6. The minimum absolute atomic E-state index is 0.00689. The summed E-state index contributed by atoms with van der Waals surface area (Å²) in [6, 6.07) is 0. The first-order valence-electron chi connectivity index (χ1n) is 7.69. The van der Waals surface area contributed by atoms with Crippen LogP contribution in [0.3, 0.4) is 0 Å². The minimum Gasteiger partial charge on any atom is -0.354 e. The molecule has 3 heterocycles. The Hall–Kier alpha value is -2.25. The first-order chi connectivity index (χ1) is 10.7. The number of aryl methyl sites for hydroxylation is 2. The Labute approximate surface area is 128 Å². The molecule has 1 aliphatic rings. The fourth-order valence-electron chi connectivity index (χ4n) is 2.80. The summed E-state index contributed by atoms with van der Waals surface area (Å²) in [4.78, 5) is 16.7. The maximum absolute atomic E-state index is 12.4. The Bertz CT molecular complexity index is 660. The Kier molecular flexibility index (Phi) is 4.17. The van der Waals surface area contributed by atoms with Gasteiger partial charge in [-0.05, 0) is 37.1 Å². The molecule has 0 fully saturated rings. The van der Waals surface area contributed by atoms with Crippen LogP contribution in [0.4, 0.5) is 0 Å². The molecule has 1 atom stereocenters. The van der Waals surface area contributed by atoms with Crippen molar-refractivity contribution in [3.8, 4) is 0 Å². The van der Waals surface area contributed by atoms with Crippen LogP contribution in [-0.2, 0) is 17.9 Å². The van der Waals surface area contributed by atoms with Gasteiger partial charge in [0.1, 0.15) is 0 Å². The van der Waals surface area contributed by atoms with Crippen LogP contribution in [0.15, 0.2) is 6.33 Å². The van der Waals surface area contributed by atoms with E-state index >= 15 is 0 Å². The quantitative estimate of drug-likeness (QED) is 0.891. The van der Waals surface area contributed by atoms with Crippen LogP contribution in [-0.4, -0.2) is 42.2 Å². The van der Waals surface area contributed by atoms with Crippen molar-refractivity contribution in [2.45, 2.75) is 52.1 Å². The van der Waals surface area contributed by atoms with Gasteiger partial charge in [-0.2, -0.15) is 0 Å². The molecule has 118 valence electrons. The summed E-state index contributed by atoms with van der Waals surface area (Å²) in [5.74, 6) is 0.445. The van der Waals surface area contributed by atoms with Crippen LogP contribution in [0.1, 0.15) is 42.4 Å². The van der Waals surface area contributed by atoms with Gasteiger partial charge in [0.2, 0.25) is 5.91 Å². The number of aromatic nitrogens is 6. The van der Waals surface area contributed by atoms with E-state index in [1.165, 1.54) is 0 Å². The van der Waals surface area contributed by atoms with E-state index in [1.54, 1.807) is 4.68 Å². The van der Waals surface area contributed by atoms with E-state index < -0.39 is 0 Å². The van der Waals surface area contributed by atoms with Crippen LogP contribution in [0.2, 0.25) is 0 Å². The first-order valence-corrected chi connectivity index (χ1v) is 7.69. The molecule has 0 radical (unpaired) electrons. The van der Waals surface area contributed by atoms with Crippen LogP contribution in [0, 0.1) is 13.8 Å². The molecule has 8 nitrogen and oxygen atoms in total. The van der Waals surface area contributed by atoms with Crippen LogP contribution in [0.5, 0.6) is 0 Å². The van der Waals surface area contributed by atoms with Crippen molar-refractivity contribution < 1.29 is 4.79 Å². The summed E-state index contributed by atoms with van der Waals surface area (Å²) in [5, 5.41) is 14.7. The number of carbonyl (C=O) groups excluding carboxylic acids is 1. The molecule has 1 aliphatic heterocycles. The molecule has 22 heavy (non-hydrogen) atoms. The predicted octanol–water partition coefficient (Wildman–Crippen LogP) is 0.570. The Morgan fingerprint density at radius 2 is 2.27 bits per heavy atom. The van der Waals surface area contributed by atoms with Gasteiger partial charge in [0, 0.05) is 25.3 Å². The molecule has 0 unspecified atom stereocenters. The highest BCUT2D eigenvalue weighted by atomic mass is 16.1. The third-order valence-electron chi connectivity index (χ3n) is 4.30. The summed E-state index contributed by atoms with van der Waals surface area (Å²) in [6.45, 7) is 6.10. The SMILES string of the molecule is Cc1ncn(CCNC(=O)[C@@H]2CCCCn3nnnc32)c1C. The molecule has 0 aliphatic carbocycles. The Morgan fingerprint density at radius 1 is 1.41 bits per heavy atom. The molecule has 1 amide bonds. The van der Waals surface area contributed by atoms with Gasteiger partial charge in [-0.1, -0.05) is 6.42 Å². The fourth-order valence-corrected chi connectivity index (χ4v) is 2.80. The van der Waals surface area contributed by atoms with Crippen molar-refractivity contribution in [3.63, 3.8) is 0 Å². The smallest absolute Gasteiger partial charge is 0.230 e. The summed E-state index contributed by atoms with van der Waals surface area (Å²) in [6.07, 6.45) is 4.62. The lowest BCUT2D eigenvalue weighted by Crippen LogP contribution is -2.33. The summed E-state index contributed by atoms with van der Waals surface area (Å²) >= 11 is 0. The van der Waals surface area contributed by atoms with E-state index in [2.05, 4.69) is 25.8 Å². The monoisotopic (exact) mass is 303 g/mol. The molecule has 1 N–H and O–H groups in total. The van der Waals surface area contributed by atoms with E-state index in [1.807, 2.05) is 24.7 Å². The minimum atomic E-state index is -0.247. The lowest BCUT2D eigenvalue weighted by Gasteiger charge is -2.14. The Balaban J connectivity index is 1.59. The standard InChI is InChI=1S/C14H21N7O/c1-10-11(2)20(9-16-10)8-6-15-14(22)12-5-3-4-7-21-13(12)17-18-19-21/h9,12H,3-8H2,1-2H3,(H,15,22)/t12-/m1/s1. The number of hydrogen-bond donors (Lipinski definition) is 1. The normalized spacial score (nSPS) is 17.8. The number of tetrazole rings is 1. The molecule has 0 bridgehead atoms. The number of hydrogen-bond acceptors (Lipinski definition) is 5. The average Bonchev–Trinajstić information content (AvgIpc) is 3.03. The molecule has 0 aromatic carbocycles. The highest BCUT2D eigenvalue weighted by molar-refractivity contribution is 5.82. The number of amides is 1. The van der Waals surface area contributed by atoms with Crippen molar-refractivity contribution in [2.24, 2.45) is 0 Å². The number of rotatable bonds is 4. The largest absolute Gasteiger partial charge is 0.354 e. The van der Waals surface area contributed by atoms with E-state index in [0.717, 1.165) is 43.7 Å². The van der Waals surface area contributed by atoms with E-state index in [9.17, 15) is 4.79 Å². The maximum atomic E-state index is 12.4. The maximum Gasteiger partial charge on any atom is 0.230 e. The van der Waals surface area contributed by atoms with Gasteiger partial charge in [-0.3, -0.25) is 4.79 Å². The van der Waals surface area contributed by atoms with Gasteiger partial charge in [0.15, 0.2) is 5.82 Å². The zero-order valence-electron chi connectivity index (χ0n) is 13.0. The number of fused-ring (bicyclic) bond motifs is 1. The molecular weight excluding hydrogens is 282 g/mol. The van der Waals surface area contributed by atoms with Crippen molar-refractivity contribution >= 4 is 5.91 Å². The summed E-state index contributed by atoms with van der Waals surface area (Å²) < 4.78 is 3.80. The van der Waals surface area contributed by atoms with Gasteiger partial charge < -0.3 is 9.88 Å². The molecule has 2 aromatic heterocycles. The van der Waals surface area contributed by atoms with Gasteiger partial charge in [-0.15, -0.1) is 5.10 Å². The van der Waals surface area contributed by atoms with Gasteiger partial charge in [0.05, 0.1) is 17.9 Å². The second kappa shape index (κ2) is 6.25. The summed E-state index contributed by atoms with van der Waals surface area (Å²) in [7, 11) is 0. The van der Waals surface area contributed by atoms with Gasteiger partial charge in [0.25, 0.3) is 0 Å². The van der Waals surface area contributed by atoms with E-state index in [-0.39, 0.29) is 11.8 Å². The van der Waals surface area contributed by atoms with Crippen LogP contribution in [0.25, 0.3) is 0 Å². The fraction of sp³-hybridized carbons (Fsp3) is 0.643. The third-order valence-corrected chi connectivity index (χ3v) is 4.30. The van der Waals surface area contributed by atoms with Crippen molar-refractivity contribution in [2.75, 3.05) is 6.54 Å². The first kappa shape index (κ1) is 14.7. The topological polar surface area (TPSA) is 90.5 Å². The predicted molar refractivity (Wildman–Crippen MR) is 79.1 cm³/mol. The highest BCUT2D eigenvalue weighted by Gasteiger charge is 2.28. The van der Waals surface area contributed by atoms with Crippen molar-refractivity contribution in [3.05, 3.63) is 23.5 Å². The molecule has 0 saturated carbocycles. The number of carbonyl (C=O) groups is 1. The number of nitrogens with one attached hydrogen (secondary N) is 1. The lowest BCUT2D eigenvalue weighted by molar-refractivity contribution is -0.122. The molecule has 0 saturated heterocycles. The zero-order chi connectivity index (χ0) is 15.5. The Morgan fingerprint density at radius 3 is 3.05 bits per heavy atom. The van der Waals surface area contributed by atoms with Crippen LogP contribution >= 0.6 is 0 Å². The van der Waals surface area contributed by atoms with Gasteiger partial charge in [-0.25, -0.2) is 9.67 Å². The van der Waals surface area contributed by atoms with Gasteiger partial charge >= 0.3 is 0 Å². The zero-order valence-corrected chi connectivity index (χ0v) is 13.0. The average molecular weight is 303 g/mol. The second-order valence-corrected chi connectivity index (χ2v) is 5.71. The lowest BCUT2D eigenvalue weighted by atomic mass is 10.0.